The highest BCUT2D eigenvalue weighted by molar-refractivity contribution is 5.83. The van der Waals surface area contributed by atoms with Crippen LogP contribution in [-0.2, 0) is 14.3 Å². The Bertz CT molecular complexity index is 576. The summed E-state index contributed by atoms with van der Waals surface area (Å²) in [7, 11) is 0. The summed E-state index contributed by atoms with van der Waals surface area (Å²) >= 11 is 0. The van der Waals surface area contributed by atoms with E-state index in [1.165, 1.54) is 19.3 Å². The molecule has 8 nitrogen and oxygen atoms in total. The van der Waals surface area contributed by atoms with Crippen LogP contribution in [0.25, 0.3) is 0 Å². The summed E-state index contributed by atoms with van der Waals surface area (Å²) < 4.78 is 5.47. The smallest absolute Gasteiger partial charge is 0.322 e. The van der Waals surface area contributed by atoms with Crippen LogP contribution in [0.5, 0.6) is 0 Å². The van der Waals surface area contributed by atoms with E-state index in [2.05, 4.69) is 17.1 Å². The zero-order valence-corrected chi connectivity index (χ0v) is 20.2. The number of carboxylic acids is 1. The predicted molar refractivity (Wildman–Crippen MR) is 124 cm³/mol. The number of hydrogen-bond donors (Lipinski definition) is 4. The van der Waals surface area contributed by atoms with Crippen molar-refractivity contribution in [1.82, 2.24) is 10.2 Å². The van der Waals surface area contributed by atoms with Gasteiger partial charge in [0.1, 0.15) is 6.54 Å². The lowest BCUT2D eigenvalue weighted by Gasteiger charge is -2.40. The fraction of sp³-hybridized carbons (Fsp3) is 0.917. The molecule has 186 valence electrons. The molecule has 1 aliphatic heterocycles. The van der Waals surface area contributed by atoms with Crippen LogP contribution < -0.4 is 11.1 Å². The Labute approximate surface area is 193 Å². The summed E-state index contributed by atoms with van der Waals surface area (Å²) in [5, 5.41) is 23.0. The first-order chi connectivity index (χ1) is 15.2. The molecule has 2 rings (SSSR count). The zero-order chi connectivity index (χ0) is 23.7. The van der Waals surface area contributed by atoms with Crippen LogP contribution in [0.2, 0.25) is 0 Å². The first-order valence-electron chi connectivity index (χ1n) is 12.5. The standard InChI is InChI=1S/C24H45N3O5/c1-16(2)22(24(31)26-15-21(28)29)19(13-17(3)27-9-11-32-12-10-27)23(30)20(25)14-18-7-5-4-6-8-18/h16-20,22-23,30H,4-15,25H2,1-3H3,(H,26,31)(H,28,29)/t17-,19?,20-,22?,23?/m0/s1. The maximum atomic E-state index is 13.0. The Morgan fingerprint density at radius 1 is 1.12 bits per heavy atom. The quantitative estimate of drug-likeness (QED) is 0.354. The number of hydrogen-bond acceptors (Lipinski definition) is 6. The van der Waals surface area contributed by atoms with Gasteiger partial charge in [-0.15, -0.1) is 0 Å². The highest BCUT2D eigenvalue weighted by Gasteiger charge is 2.40. The van der Waals surface area contributed by atoms with Crippen molar-refractivity contribution in [2.75, 3.05) is 32.8 Å². The molecule has 1 amide bonds. The molecular formula is C24H45N3O5. The molecule has 1 saturated carbocycles. The van der Waals surface area contributed by atoms with Gasteiger partial charge in [-0.25, -0.2) is 0 Å². The zero-order valence-electron chi connectivity index (χ0n) is 20.2. The Morgan fingerprint density at radius 2 is 1.75 bits per heavy atom. The van der Waals surface area contributed by atoms with Gasteiger partial charge in [0.15, 0.2) is 0 Å². The number of nitrogens with zero attached hydrogens (tertiary/aromatic N) is 1. The fourth-order valence-corrected chi connectivity index (χ4v) is 5.60. The maximum absolute atomic E-state index is 13.0. The van der Waals surface area contributed by atoms with Crippen LogP contribution >= 0.6 is 0 Å². The van der Waals surface area contributed by atoms with Gasteiger partial charge in [0, 0.05) is 31.1 Å². The van der Waals surface area contributed by atoms with Gasteiger partial charge in [-0.1, -0.05) is 46.0 Å². The molecule has 8 heteroatoms. The molecule has 0 aromatic carbocycles. The summed E-state index contributed by atoms with van der Waals surface area (Å²) in [5.41, 5.74) is 6.55. The van der Waals surface area contributed by atoms with Crippen LogP contribution in [-0.4, -0.2) is 78.0 Å². The van der Waals surface area contributed by atoms with E-state index in [1.54, 1.807) is 0 Å². The molecular weight excluding hydrogens is 410 g/mol. The second kappa shape index (κ2) is 13.5. The number of carbonyl (C=O) groups excluding carboxylic acids is 1. The molecule has 32 heavy (non-hydrogen) atoms. The topological polar surface area (TPSA) is 125 Å². The maximum Gasteiger partial charge on any atom is 0.322 e. The largest absolute Gasteiger partial charge is 0.480 e. The molecule has 0 spiro atoms. The summed E-state index contributed by atoms with van der Waals surface area (Å²) in [6.07, 6.45) is 6.60. The minimum atomic E-state index is -1.08. The van der Waals surface area contributed by atoms with Crippen molar-refractivity contribution >= 4 is 11.9 Å². The van der Waals surface area contributed by atoms with Gasteiger partial charge in [-0.2, -0.15) is 0 Å². The lowest BCUT2D eigenvalue weighted by molar-refractivity contribution is -0.140. The third-order valence-corrected chi connectivity index (χ3v) is 7.39. The monoisotopic (exact) mass is 455 g/mol. The molecule has 1 aliphatic carbocycles. The lowest BCUT2D eigenvalue weighted by Crippen LogP contribution is -2.52. The molecule has 3 unspecified atom stereocenters. The molecule has 5 N–H and O–H groups in total. The van der Waals surface area contributed by atoms with Gasteiger partial charge in [-0.05, 0) is 37.5 Å². The number of carbonyl (C=O) groups is 2. The van der Waals surface area contributed by atoms with E-state index in [-0.39, 0.29) is 23.8 Å². The van der Waals surface area contributed by atoms with E-state index >= 15 is 0 Å². The van der Waals surface area contributed by atoms with Crippen molar-refractivity contribution in [2.24, 2.45) is 29.4 Å². The Balaban J connectivity index is 2.17. The summed E-state index contributed by atoms with van der Waals surface area (Å²) in [6.45, 7) is 8.65. The van der Waals surface area contributed by atoms with Gasteiger partial charge < -0.3 is 26.0 Å². The number of aliphatic carboxylic acids is 1. The highest BCUT2D eigenvalue weighted by atomic mass is 16.5. The van der Waals surface area contributed by atoms with Gasteiger partial charge in [0.05, 0.1) is 19.3 Å². The molecule has 1 heterocycles. The van der Waals surface area contributed by atoms with Crippen molar-refractivity contribution < 1.29 is 24.5 Å². The highest BCUT2D eigenvalue weighted by Crippen LogP contribution is 2.34. The average Bonchev–Trinajstić information content (AvgIpc) is 2.77. The van der Waals surface area contributed by atoms with Crippen molar-refractivity contribution in [1.29, 1.82) is 0 Å². The van der Waals surface area contributed by atoms with Crippen LogP contribution in [0.15, 0.2) is 0 Å². The molecule has 0 radical (unpaired) electrons. The number of rotatable bonds is 12. The van der Waals surface area contributed by atoms with Crippen molar-refractivity contribution in [3.63, 3.8) is 0 Å². The van der Waals surface area contributed by atoms with Crippen molar-refractivity contribution in [3.8, 4) is 0 Å². The number of carboxylic acid groups (broad SMARTS) is 1. The van der Waals surface area contributed by atoms with Crippen LogP contribution in [0.1, 0.15) is 65.7 Å². The average molecular weight is 456 g/mol. The van der Waals surface area contributed by atoms with E-state index in [9.17, 15) is 14.7 Å². The molecule has 1 saturated heterocycles. The second-order valence-electron chi connectivity index (χ2n) is 10.2. The third kappa shape index (κ3) is 8.28. The fourth-order valence-electron chi connectivity index (χ4n) is 5.60. The minimum Gasteiger partial charge on any atom is -0.480 e. The summed E-state index contributed by atoms with van der Waals surface area (Å²) in [5.74, 6) is -1.77. The molecule has 2 fully saturated rings. The number of morpholine rings is 1. The van der Waals surface area contributed by atoms with Gasteiger partial charge in [0.25, 0.3) is 0 Å². The third-order valence-electron chi connectivity index (χ3n) is 7.39. The van der Waals surface area contributed by atoms with Crippen LogP contribution in [0.3, 0.4) is 0 Å². The number of amides is 1. The molecule has 0 bridgehead atoms. The molecule has 2 aliphatic rings. The molecule has 5 atom stereocenters. The number of nitrogens with one attached hydrogen (secondary N) is 1. The van der Waals surface area contributed by atoms with E-state index < -0.39 is 30.6 Å². The SMILES string of the molecule is CC(C)C(C(=O)NCC(=O)O)C(C[C@H](C)N1CCOCC1)C(O)[C@@H](N)CC1CCCCC1. The van der Waals surface area contributed by atoms with E-state index in [0.717, 1.165) is 32.4 Å². The van der Waals surface area contributed by atoms with E-state index in [4.69, 9.17) is 15.6 Å². The van der Waals surface area contributed by atoms with Crippen molar-refractivity contribution in [2.45, 2.75) is 83.9 Å². The van der Waals surface area contributed by atoms with Crippen LogP contribution in [0, 0.1) is 23.7 Å². The van der Waals surface area contributed by atoms with Gasteiger partial charge >= 0.3 is 5.97 Å². The second-order valence-corrected chi connectivity index (χ2v) is 10.2. The van der Waals surface area contributed by atoms with Crippen molar-refractivity contribution in [3.05, 3.63) is 0 Å². The first kappa shape index (κ1) is 27.0. The van der Waals surface area contributed by atoms with E-state index in [1.807, 2.05) is 13.8 Å². The Kier molecular flexibility index (Phi) is 11.4. The molecule has 0 aromatic rings. The van der Waals surface area contributed by atoms with E-state index in [0.29, 0.717) is 25.6 Å². The normalized spacial score (nSPS) is 23.3. The summed E-state index contributed by atoms with van der Waals surface area (Å²) in [4.78, 5) is 26.4. The lowest BCUT2D eigenvalue weighted by atomic mass is 9.72. The predicted octanol–water partition coefficient (Wildman–Crippen LogP) is 1.85. The Morgan fingerprint density at radius 3 is 2.31 bits per heavy atom. The molecule has 0 aromatic heterocycles. The number of aliphatic hydroxyl groups excluding tert-OH is 1. The number of nitrogens with two attached hydrogens (primary N) is 1. The Hall–Kier alpha value is -1.22. The van der Waals surface area contributed by atoms with Crippen LogP contribution in [0.4, 0.5) is 0 Å². The van der Waals surface area contributed by atoms with Gasteiger partial charge in [0.2, 0.25) is 5.91 Å². The summed E-state index contributed by atoms with van der Waals surface area (Å²) in [6, 6.07) is -0.234. The number of ether oxygens (including phenoxy) is 1. The van der Waals surface area contributed by atoms with Gasteiger partial charge in [-0.3, -0.25) is 14.5 Å². The minimum absolute atomic E-state index is 0.0535. The first-order valence-corrected chi connectivity index (χ1v) is 12.5. The number of aliphatic hydroxyl groups is 1.